The van der Waals surface area contributed by atoms with Crippen LogP contribution in [0.15, 0.2) is 236 Å². The van der Waals surface area contributed by atoms with Gasteiger partial charge in [0.15, 0.2) is 0 Å². The van der Waals surface area contributed by atoms with E-state index in [2.05, 4.69) is 194 Å². The van der Waals surface area contributed by atoms with Crippen molar-refractivity contribution in [3.05, 3.63) is 269 Å². The summed E-state index contributed by atoms with van der Waals surface area (Å²) in [4.78, 5) is 5.00. The van der Waals surface area contributed by atoms with Crippen LogP contribution in [-0.4, -0.2) is 6.21 Å². The van der Waals surface area contributed by atoms with Gasteiger partial charge in [-0.25, -0.2) is 0 Å². The molecule has 1 heterocycles. The Hall–Kier alpha value is -7.85. The zero-order chi connectivity index (χ0) is 41.5. The van der Waals surface area contributed by atoms with Gasteiger partial charge in [0, 0.05) is 22.9 Å². The molecular weight excluding hydrogens is 753 g/mol. The predicted octanol–water partition coefficient (Wildman–Crippen LogP) is 14.3. The molecule has 11 rings (SSSR count). The lowest BCUT2D eigenvalue weighted by Crippen LogP contribution is -2.32. The molecule has 0 bridgehead atoms. The summed E-state index contributed by atoms with van der Waals surface area (Å²) in [6.45, 7) is 0. The van der Waals surface area contributed by atoms with Gasteiger partial charge in [0.2, 0.25) is 0 Å². The normalized spacial score (nSPS) is 13.8. The minimum Gasteiger partial charge on any atom is -0.457 e. The first-order valence-electron chi connectivity index (χ1n) is 21.2. The van der Waals surface area contributed by atoms with Crippen molar-refractivity contribution in [3.63, 3.8) is 0 Å². The van der Waals surface area contributed by atoms with Crippen molar-refractivity contribution in [1.29, 1.82) is 0 Å². The number of hydrogen-bond acceptors (Lipinski definition) is 3. The molecule has 1 spiro atoms. The Kier molecular flexibility index (Phi) is 9.37. The van der Waals surface area contributed by atoms with Crippen molar-refractivity contribution >= 4 is 11.9 Å². The smallest absolute Gasteiger partial charge is 0.132 e. The molecule has 0 amide bonds. The van der Waals surface area contributed by atoms with E-state index in [4.69, 9.17) is 15.5 Å². The molecule has 2 aliphatic rings. The molecule has 0 radical (unpaired) electrons. The molecule has 62 heavy (non-hydrogen) atoms. The van der Waals surface area contributed by atoms with E-state index in [9.17, 15) is 0 Å². The van der Waals surface area contributed by atoms with Crippen LogP contribution in [0.3, 0.4) is 0 Å². The van der Waals surface area contributed by atoms with E-state index in [1.807, 2.05) is 42.6 Å². The van der Waals surface area contributed by atoms with Crippen LogP contribution in [-0.2, 0) is 5.41 Å². The van der Waals surface area contributed by atoms with Crippen molar-refractivity contribution in [2.75, 3.05) is 0 Å². The number of rotatable bonds is 8. The number of nitrogens with zero attached hydrogens (tertiary/aromatic N) is 1. The second-order valence-electron chi connectivity index (χ2n) is 16.0. The molecule has 9 aromatic carbocycles. The summed E-state index contributed by atoms with van der Waals surface area (Å²) in [5.41, 5.74) is 24.4. The SMILES string of the molecule is NC(/C=C(\N=C\c1ccccc1)c1cccc(-c2cccc(-c3cccc(-c4ccc5c(c4)C4(c6ccccc6Oc6ccccc64)c4ccccc4-5)c3)c2)c1)c1ccccc1. The van der Waals surface area contributed by atoms with Crippen LogP contribution in [0, 0.1) is 0 Å². The van der Waals surface area contributed by atoms with Gasteiger partial charge in [0.1, 0.15) is 11.5 Å². The standard InChI is InChI=1S/C59H42N2O/c60-55(41-18-5-2-6-19-41)38-56(61-39-40-16-3-1-4-17-40)48-25-15-24-46(36-48)44-22-13-20-42(34-44)43-21-14-23-45(35-43)47-32-33-50-49-26-7-8-27-51(49)59(54(50)37-47)52-28-9-11-30-57(52)62-58-31-12-10-29-53(58)59/h1-39,55H,60H2/b56-38-,61-39+. The summed E-state index contributed by atoms with van der Waals surface area (Å²) in [6.07, 6.45) is 3.96. The molecule has 1 aliphatic carbocycles. The van der Waals surface area contributed by atoms with E-state index < -0.39 is 5.41 Å². The molecule has 3 nitrogen and oxygen atoms in total. The summed E-state index contributed by atoms with van der Waals surface area (Å²) in [6, 6.07) is 79.3. The highest BCUT2D eigenvalue weighted by atomic mass is 16.5. The van der Waals surface area contributed by atoms with Crippen LogP contribution in [0.1, 0.15) is 45.0 Å². The number of nitrogens with two attached hydrogens (primary N) is 1. The summed E-state index contributed by atoms with van der Waals surface area (Å²) < 4.78 is 6.58. The maximum Gasteiger partial charge on any atom is 0.132 e. The summed E-state index contributed by atoms with van der Waals surface area (Å²) in [5, 5.41) is 0. The largest absolute Gasteiger partial charge is 0.457 e. The lowest BCUT2D eigenvalue weighted by Gasteiger charge is -2.39. The van der Waals surface area contributed by atoms with Crippen LogP contribution < -0.4 is 10.5 Å². The fourth-order valence-corrected chi connectivity index (χ4v) is 9.49. The third-order valence-electron chi connectivity index (χ3n) is 12.4. The predicted molar refractivity (Wildman–Crippen MR) is 256 cm³/mol. The van der Waals surface area contributed by atoms with Gasteiger partial charge in [-0.3, -0.25) is 4.99 Å². The van der Waals surface area contributed by atoms with Crippen LogP contribution in [0.4, 0.5) is 0 Å². The molecule has 0 fully saturated rings. The summed E-state index contributed by atoms with van der Waals surface area (Å²) in [7, 11) is 0. The minimum absolute atomic E-state index is 0.312. The number of benzene rings is 9. The highest BCUT2D eigenvalue weighted by Gasteiger charge is 2.51. The molecule has 1 unspecified atom stereocenters. The van der Waals surface area contributed by atoms with Crippen molar-refractivity contribution in [1.82, 2.24) is 0 Å². The van der Waals surface area contributed by atoms with Crippen molar-refractivity contribution in [3.8, 4) is 56.0 Å². The molecule has 9 aromatic rings. The summed E-state index contributed by atoms with van der Waals surface area (Å²) >= 11 is 0. The Balaban J connectivity index is 0.965. The van der Waals surface area contributed by atoms with Gasteiger partial charge in [0.05, 0.1) is 17.2 Å². The van der Waals surface area contributed by atoms with Gasteiger partial charge in [0.25, 0.3) is 0 Å². The molecule has 294 valence electrons. The molecular formula is C59H42N2O. The van der Waals surface area contributed by atoms with Crippen LogP contribution >= 0.6 is 0 Å². The zero-order valence-electron chi connectivity index (χ0n) is 34.0. The van der Waals surface area contributed by atoms with Gasteiger partial charge in [-0.2, -0.15) is 0 Å². The molecule has 3 heteroatoms. The molecule has 1 atom stereocenters. The molecule has 0 saturated carbocycles. The lowest BCUT2D eigenvalue weighted by molar-refractivity contribution is 0.436. The maximum absolute atomic E-state index is 6.76. The average Bonchev–Trinajstić information content (AvgIpc) is 3.63. The maximum atomic E-state index is 6.76. The topological polar surface area (TPSA) is 47.6 Å². The Morgan fingerprint density at radius 1 is 0.435 bits per heavy atom. The Bertz CT molecular complexity index is 3140. The first-order chi connectivity index (χ1) is 30.6. The van der Waals surface area contributed by atoms with E-state index >= 15 is 0 Å². The number of para-hydroxylation sites is 2. The minimum atomic E-state index is -0.512. The molecule has 0 aromatic heterocycles. The fraction of sp³-hybridized carbons (Fsp3) is 0.0339. The number of fused-ring (bicyclic) bond motifs is 9. The molecule has 2 N–H and O–H groups in total. The summed E-state index contributed by atoms with van der Waals surface area (Å²) in [5.74, 6) is 1.80. The lowest BCUT2D eigenvalue weighted by atomic mass is 9.66. The van der Waals surface area contributed by atoms with Gasteiger partial charge < -0.3 is 10.5 Å². The van der Waals surface area contributed by atoms with Gasteiger partial charge in [-0.05, 0) is 109 Å². The Morgan fingerprint density at radius 2 is 0.935 bits per heavy atom. The second-order valence-corrected chi connectivity index (χ2v) is 16.0. The van der Waals surface area contributed by atoms with Crippen molar-refractivity contribution in [2.45, 2.75) is 11.5 Å². The third kappa shape index (κ3) is 6.48. The first kappa shape index (κ1) is 37.2. The van der Waals surface area contributed by atoms with Crippen molar-refractivity contribution < 1.29 is 4.74 Å². The van der Waals surface area contributed by atoms with Gasteiger partial charge >= 0.3 is 0 Å². The van der Waals surface area contributed by atoms with E-state index in [-0.39, 0.29) is 6.04 Å². The fourth-order valence-electron chi connectivity index (χ4n) is 9.49. The Morgan fingerprint density at radius 3 is 1.58 bits per heavy atom. The highest BCUT2D eigenvalue weighted by Crippen LogP contribution is 2.62. The van der Waals surface area contributed by atoms with Crippen LogP contribution in [0.25, 0.3) is 50.2 Å². The third-order valence-corrected chi connectivity index (χ3v) is 12.4. The average molecular weight is 795 g/mol. The zero-order valence-corrected chi connectivity index (χ0v) is 34.0. The van der Waals surface area contributed by atoms with E-state index in [0.717, 1.165) is 56.1 Å². The number of hydrogen-bond donors (Lipinski definition) is 1. The van der Waals surface area contributed by atoms with Gasteiger partial charge in [-0.1, -0.05) is 188 Å². The number of ether oxygens (including phenoxy) is 1. The second kappa shape index (κ2) is 15.6. The highest BCUT2D eigenvalue weighted by molar-refractivity contribution is 5.91. The Labute approximate surface area is 362 Å². The van der Waals surface area contributed by atoms with E-state index in [1.165, 1.54) is 44.5 Å². The van der Waals surface area contributed by atoms with E-state index in [0.29, 0.717) is 0 Å². The first-order valence-corrected chi connectivity index (χ1v) is 21.2. The quantitative estimate of drug-likeness (QED) is 0.156. The molecule has 0 saturated heterocycles. The number of aliphatic imine (C=N–C) groups is 1. The van der Waals surface area contributed by atoms with E-state index in [1.54, 1.807) is 0 Å². The van der Waals surface area contributed by atoms with Crippen LogP contribution in [0.2, 0.25) is 0 Å². The molecule has 1 aliphatic heterocycles. The van der Waals surface area contributed by atoms with Crippen molar-refractivity contribution in [2.24, 2.45) is 10.7 Å². The monoisotopic (exact) mass is 794 g/mol. The van der Waals surface area contributed by atoms with Crippen LogP contribution in [0.5, 0.6) is 11.5 Å². The van der Waals surface area contributed by atoms with Gasteiger partial charge in [-0.15, -0.1) is 0 Å².